The minimum Gasteiger partial charge on any atom is -0.350 e. The summed E-state index contributed by atoms with van der Waals surface area (Å²) >= 11 is 0. The Hall–Kier alpha value is -3.48. The fourth-order valence-corrected chi connectivity index (χ4v) is 3.67. The summed E-state index contributed by atoms with van der Waals surface area (Å²) in [6.45, 7) is 12.2. The smallest absolute Gasteiger partial charge is 0.262 e. The summed E-state index contributed by atoms with van der Waals surface area (Å²) in [5, 5.41) is 5.51. The lowest BCUT2D eigenvalue weighted by molar-refractivity contribution is 0.0507. The predicted molar refractivity (Wildman–Crippen MR) is 127 cm³/mol. The number of nitrogens with zero attached hydrogens (tertiary/aromatic N) is 1. The molecule has 1 heterocycles. The lowest BCUT2D eigenvalue weighted by atomic mass is 9.87. The van der Waals surface area contributed by atoms with Gasteiger partial charge in [-0.2, -0.15) is 0 Å². The fraction of sp³-hybridized carbons (Fsp3) is 0.385. The summed E-state index contributed by atoms with van der Waals surface area (Å²) in [5.74, 6) is -1.35. The summed E-state index contributed by atoms with van der Waals surface area (Å²) in [5.41, 5.74) is 1.88. The molecule has 7 heteroatoms. The molecule has 3 rings (SSSR count). The SMILES string of the molecule is CC(C)(C)c1ccc(C(=O)NCCNC(=O)c2ccc3c(c2)C(=O)N(C(C)(C)C)C3=O)cc1. The lowest BCUT2D eigenvalue weighted by Crippen LogP contribution is -2.45. The van der Waals surface area contributed by atoms with Gasteiger partial charge in [-0.15, -0.1) is 0 Å². The summed E-state index contributed by atoms with van der Waals surface area (Å²) in [4.78, 5) is 51.3. The van der Waals surface area contributed by atoms with E-state index in [0.717, 1.165) is 5.56 Å². The second-order valence-electron chi connectivity index (χ2n) is 10.2. The van der Waals surface area contributed by atoms with Gasteiger partial charge in [0.05, 0.1) is 11.1 Å². The highest BCUT2D eigenvalue weighted by Gasteiger charge is 2.42. The zero-order valence-corrected chi connectivity index (χ0v) is 20.0. The topological polar surface area (TPSA) is 95.6 Å². The second-order valence-corrected chi connectivity index (χ2v) is 10.2. The number of carbonyl (C=O) groups is 4. The van der Waals surface area contributed by atoms with Gasteiger partial charge in [-0.3, -0.25) is 24.1 Å². The largest absolute Gasteiger partial charge is 0.350 e. The van der Waals surface area contributed by atoms with Crippen molar-refractivity contribution in [1.82, 2.24) is 15.5 Å². The number of imide groups is 1. The summed E-state index contributed by atoms with van der Waals surface area (Å²) in [7, 11) is 0. The average molecular weight is 450 g/mol. The number of benzene rings is 2. The van der Waals surface area contributed by atoms with Gasteiger partial charge in [0, 0.05) is 29.8 Å². The summed E-state index contributed by atoms with van der Waals surface area (Å²) < 4.78 is 0. The molecule has 0 aliphatic carbocycles. The van der Waals surface area contributed by atoms with Crippen LogP contribution in [0.2, 0.25) is 0 Å². The Labute approximate surface area is 194 Å². The first-order valence-corrected chi connectivity index (χ1v) is 11.0. The van der Waals surface area contributed by atoms with Crippen LogP contribution in [0.25, 0.3) is 0 Å². The minimum atomic E-state index is -0.652. The molecule has 1 aliphatic rings. The number of fused-ring (bicyclic) bond motifs is 1. The number of nitrogens with one attached hydrogen (secondary N) is 2. The van der Waals surface area contributed by atoms with Crippen LogP contribution in [0.1, 0.15) is 88.5 Å². The molecule has 0 fully saturated rings. The quantitative estimate of drug-likeness (QED) is 0.539. The molecule has 33 heavy (non-hydrogen) atoms. The van der Waals surface area contributed by atoms with E-state index in [1.165, 1.54) is 23.1 Å². The van der Waals surface area contributed by atoms with Gasteiger partial charge < -0.3 is 10.6 Å². The Morgan fingerprint density at radius 2 is 1.21 bits per heavy atom. The van der Waals surface area contributed by atoms with E-state index < -0.39 is 11.4 Å². The molecule has 7 nitrogen and oxygen atoms in total. The standard InChI is InChI=1S/C26H31N3O4/c1-25(2,3)18-10-7-16(8-11-18)21(30)27-13-14-28-22(31)17-9-12-19-20(15-17)24(33)29(23(19)32)26(4,5)6/h7-12,15H,13-14H2,1-6H3,(H,27,30)(H,28,31). The highest BCUT2D eigenvalue weighted by molar-refractivity contribution is 6.22. The van der Waals surface area contributed by atoms with E-state index in [1.54, 1.807) is 32.9 Å². The Bertz CT molecular complexity index is 1110. The number of rotatable bonds is 5. The van der Waals surface area contributed by atoms with E-state index >= 15 is 0 Å². The number of hydrogen-bond acceptors (Lipinski definition) is 4. The number of amides is 4. The molecule has 2 N–H and O–H groups in total. The van der Waals surface area contributed by atoms with Crippen molar-refractivity contribution in [3.05, 3.63) is 70.3 Å². The molecule has 2 aromatic rings. The first-order valence-electron chi connectivity index (χ1n) is 11.0. The lowest BCUT2D eigenvalue weighted by Gasteiger charge is -2.29. The molecule has 1 aliphatic heterocycles. The molecule has 174 valence electrons. The fourth-order valence-electron chi connectivity index (χ4n) is 3.67. The van der Waals surface area contributed by atoms with Gasteiger partial charge in [0.2, 0.25) is 0 Å². The van der Waals surface area contributed by atoms with Crippen molar-refractivity contribution in [2.45, 2.75) is 52.5 Å². The van der Waals surface area contributed by atoms with Crippen molar-refractivity contribution in [3.63, 3.8) is 0 Å². The van der Waals surface area contributed by atoms with Gasteiger partial charge in [-0.1, -0.05) is 32.9 Å². The molecule has 0 aromatic heterocycles. The Morgan fingerprint density at radius 1 is 0.727 bits per heavy atom. The highest BCUT2D eigenvalue weighted by Crippen LogP contribution is 2.29. The van der Waals surface area contributed by atoms with E-state index in [1.807, 2.05) is 12.1 Å². The van der Waals surface area contributed by atoms with Crippen molar-refractivity contribution in [1.29, 1.82) is 0 Å². The predicted octanol–water partition coefficient (Wildman–Crippen LogP) is 3.54. The molecule has 0 saturated heterocycles. The van der Waals surface area contributed by atoms with Crippen LogP contribution in [0.3, 0.4) is 0 Å². The first-order chi connectivity index (χ1) is 15.3. The van der Waals surface area contributed by atoms with Crippen molar-refractivity contribution < 1.29 is 19.2 Å². The van der Waals surface area contributed by atoms with Crippen LogP contribution >= 0.6 is 0 Å². The molecule has 0 spiro atoms. The second kappa shape index (κ2) is 8.81. The van der Waals surface area contributed by atoms with Crippen LogP contribution in [-0.4, -0.2) is 47.2 Å². The maximum Gasteiger partial charge on any atom is 0.262 e. The van der Waals surface area contributed by atoms with Crippen LogP contribution in [-0.2, 0) is 5.41 Å². The molecule has 0 atom stereocenters. The van der Waals surface area contributed by atoms with Gasteiger partial charge in [-0.25, -0.2) is 0 Å². The van der Waals surface area contributed by atoms with Gasteiger partial charge in [0.1, 0.15) is 0 Å². The molecule has 2 aromatic carbocycles. The highest BCUT2D eigenvalue weighted by atomic mass is 16.2. The van der Waals surface area contributed by atoms with E-state index in [9.17, 15) is 19.2 Å². The van der Waals surface area contributed by atoms with Gasteiger partial charge >= 0.3 is 0 Å². The van der Waals surface area contributed by atoms with Crippen molar-refractivity contribution in [2.75, 3.05) is 13.1 Å². The third kappa shape index (κ3) is 5.13. The molecule has 0 unspecified atom stereocenters. The van der Waals surface area contributed by atoms with Crippen LogP contribution in [0.5, 0.6) is 0 Å². The maximum absolute atomic E-state index is 12.7. The normalized spacial score (nSPS) is 13.7. The molecule has 4 amide bonds. The van der Waals surface area contributed by atoms with Crippen molar-refractivity contribution >= 4 is 23.6 Å². The first kappa shape index (κ1) is 24.2. The Morgan fingerprint density at radius 3 is 1.73 bits per heavy atom. The zero-order valence-electron chi connectivity index (χ0n) is 20.0. The number of carbonyl (C=O) groups excluding carboxylic acids is 4. The van der Waals surface area contributed by atoms with Crippen LogP contribution in [0.4, 0.5) is 0 Å². The maximum atomic E-state index is 12.7. The van der Waals surface area contributed by atoms with E-state index in [-0.39, 0.29) is 47.4 Å². The Balaban J connectivity index is 1.55. The van der Waals surface area contributed by atoms with Crippen molar-refractivity contribution in [2.24, 2.45) is 0 Å². The third-order valence-corrected chi connectivity index (χ3v) is 5.53. The van der Waals surface area contributed by atoms with E-state index in [0.29, 0.717) is 11.1 Å². The van der Waals surface area contributed by atoms with Crippen LogP contribution < -0.4 is 10.6 Å². The van der Waals surface area contributed by atoms with Gasteiger partial charge in [0.25, 0.3) is 23.6 Å². The van der Waals surface area contributed by atoms with Crippen molar-refractivity contribution in [3.8, 4) is 0 Å². The molecule has 0 bridgehead atoms. The zero-order chi connectivity index (χ0) is 24.6. The monoisotopic (exact) mass is 449 g/mol. The van der Waals surface area contributed by atoms with E-state index in [4.69, 9.17) is 0 Å². The number of hydrogen-bond donors (Lipinski definition) is 2. The van der Waals surface area contributed by atoms with Crippen LogP contribution in [0.15, 0.2) is 42.5 Å². The minimum absolute atomic E-state index is 0.0137. The summed E-state index contributed by atoms with van der Waals surface area (Å²) in [6, 6.07) is 12.0. The molecular formula is C26H31N3O4. The average Bonchev–Trinajstić information content (AvgIpc) is 3.00. The molecular weight excluding hydrogens is 418 g/mol. The Kier molecular flexibility index (Phi) is 6.45. The molecule has 0 saturated carbocycles. The van der Waals surface area contributed by atoms with Crippen LogP contribution in [0, 0.1) is 0 Å². The van der Waals surface area contributed by atoms with Gasteiger partial charge in [0.15, 0.2) is 0 Å². The van der Waals surface area contributed by atoms with E-state index in [2.05, 4.69) is 31.4 Å². The third-order valence-electron chi connectivity index (χ3n) is 5.53. The van der Waals surface area contributed by atoms with Gasteiger partial charge in [-0.05, 0) is 62.1 Å². The molecule has 0 radical (unpaired) electrons. The summed E-state index contributed by atoms with van der Waals surface area (Å²) in [6.07, 6.45) is 0.